The largest absolute Gasteiger partial charge is 0.487 e. The molecule has 0 atom stereocenters. The highest BCUT2D eigenvalue weighted by Gasteiger charge is 2.16. The SMILES string of the molecule is CC(C)n1nc(COc2ccc(F)cc2)cc1C(=O)O. The summed E-state index contributed by atoms with van der Waals surface area (Å²) >= 11 is 0. The summed E-state index contributed by atoms with van der Waals surface area (Å²) in [7, 11) is 0. The average molecular weight is 278 g/mol. The van der Waals surface area contributed by atoms with E-state index in [9.17, 15) is 9.18 Å². The molecule has 0 radical (unpaired) electrons. The summed E-state index contributed by atoms with van der Waals surface area (Å²) in [6, 6.07) is 7.03. The fraction of sp³-hybridized carbons (Fsp3) is 0.286. The molecule has 0 spiro atoms. The molecule has 6 heteroatoms. The predicted octanol–water partition coefficient (Wildman–Crippen LogP) is 2.88. The molecule has 1 heterocycles. The van der Waals surface area contributed by atoms with Crippen LogP contribution in [0.1, 0.15) is 36.1 Å². The molecular formula is C14H15FN2O3. The molecule has 0 aliphatic rings. The number of ether oxygens (including phenoxy) is 1. The second kappa shape index (κ2) is 5.73. The molecular weight excluding hydrogens is 263 g/mol. The summed E-state index contributed by atoms with van der Waals surface area (Å²) in [6.07, 6.45) is 0. The van der Waals surface area contributed by atoms with Crippen molar-refractivity contribution < 1.29 is 19.0 Å². The normalized spacial score (nSPS) is 10.8. The number of benzene rings is 1. The number of carboxylic acids is 1. The highest BCUT2D eigenvalue weighted by Crippen LogP contribution is 2.15. The van der Waals surface area contributed by atoms with Crippen molar-refractivity contribution in [2.75, 3.05) is 0 Å². The van der Waals surface area contributed by atoms with Gasteiger partial charge in [-0.25, -0.2) is 9.18 Å². The smallest absolute Gasteiger partial charge is 0.354 e. The zero-order valence-electron chi connectivity index (χ0n) is 11.2. The van der Waals surface area contributed by atoms with Crippen LogP contribution in [0.4, 0.5) is 4.39 Å². The maximum absolute atomic E-state index is 12.7. The quantitative estimate of drug-likeness (QED) is 0.913. The van der Waals surface area contributed by atoms with E-state index >= 15 is 0 Å². The van der Waals surface area contributed by atoms with E-state index in [1.807, 2.05) is 13.8 Å². The molecule has 0 unspecified atom stereocenters. The van der Waals surface area contributed by atoms with Crippen LogP contribution in [0.25, 0.3) is 0 Å². The Bertz CT molecular complexity index is 605. The van der Waals surface area contributed by atoms with Crippen molar-refractivity contribution in [1.82, 2.24) is 9.78 Å². The summed E-state index contributed by atoms with van der Waals surface area (Å²) in [4.78, 5) is 11.1. The number of nitrogens with zero attached hydrogens (tertiary/aromatic N) is 2. The second-order valence-corrected chi connectivity index (χ2v) is 4.61. The molecule has 0 bridgehead atoms. The number of carboxylic acid groups (broad SMARTS) is 1. The van der Waals surface area contributed by atoms with Gasteiger partial charge >= 0.3 is 5.97 Å². The molecule has 0 saturated heterocycles. The van der Waals surface area contributed by atoms with E-state index in [1.54, 1.807) is 0 Å². The molecule has 0 aliphatic carbocycles. The van der Waals surface area contributed by atoms with Crippen LogP contribution in [0.3, 0.4) is 0 Å². The Kier molecular flexibility index (Phi) is 4.02. The van der Waals surface area contributed by atoms with Gasteiger partial charge in [0.25, 0.3) is 0 Å². The first-order valence-electron chi connectivity index (χ1n) is 6.17. The number of aromatic nitrogens is 2. The molecule has 1 N–H and O–H groups in total. The highest BCUT2D eigenvalue weighted by molar-refractivity contribution is 5.85. The molecule has 5 nitrogen and oxygen atoms in total. The molecule has 2 rings (SSSR count). The van der Waals surface area contributed by atoms with Crippen LogP contribution >= 0.6 is 0 Å². The highest BCUT2D eigenvalue weighted by atomic mass is 19.1. The van der Waals surface area contributed by atoms with E-state index < -0.39 is 5.97 Å². The number of hydrogen-bond acceptors (Lipinski definition) is 3. The minimum absolute atomic E-state index is 0.0549. The van der Waals surface area contributed by atoms with Gasteiger partial charge in [-0.05, 0) is 44.2 Å². The Hall–Kier alpha value is -2.37. The van der Waals surface area contributed by atoms with E-state index in [2.05, 4.69) is 5.10 Å². The van der Waals surface area contributed by atoms with Gasteiger partial charge in [-0.15, -0.1) is 0 Å². The van der Waals surface area contributed by atoms with Gasteiger partial charge in [0.2, 0.25) is 0 Å². The molecule has 0 fully saturated rings. The topological polar surface area (TPSA) is 64.4 Å². The lowest BCUT2D eigenvalue weighted by molar-refractivity contribution is 0.0681. The fourth-order valence-corrected chi connectivity index (χ4v) is 1.76. The van der Waals surface area contributed by atoms with E-state index in [4.69, 9.17) is 9.84 Å². The maximum Gasteiger partial charge on any atom is 0.354 e. The molecule has 0 aliphatic heterocycles. The molecule has 2 aromatic rings. The predicted molar refractivity (Wildman–Crippen MR) is 70.3 cm³/mol. The maximum atomic E-state index is 12.7. The van der Waals surface area contributed by atoms with Crippen molar-refractivity contribution in [2.24, 2.45) is 0 Å². The Balaban J connectivity index is 2.12. The van der Waals surface area contributed by atoms with Gasteiger partial charge in [0.05, 0.1) is 0 Å². The lowest BCUT2D eigenvalue weighted by atomic mass is 10.3. The summed E-state index contributed by atoms with van der Waals surface area (Å²) < 4.78 is 19.6. The zero-order chi connectivity index (χ0) is 14.7. The number of rotatable bonds is 5. The molecule has 1 aromatic heterocycles. The molecule has 0 amide bonds. The summed E-state index contributed by atoms with van der Waals surface area (Å²) in [5, 5.41) is 13.3. The third-order valence-electron chi connectivity index (χ3n) is 2.69. The number of hydrogen-bond donors (Lipinski definition) is 1. The van der Waals surface area contributed by atoms with E-state index in [0.717, 1.165) is 0 Å². The van der Waals surface area contributed by atoms with Crippen molar-refractivity contribution >= 4 is 5.97 Å². The van der Waals surface area contributed by atoms with E-state index in [1.165, 1.54) is 35.0 Å². The van der Waals surface area contributed by atoms with Gasteiger partial charge < -0.3 is 9.84 Å². The van der Waals surface area contributed by atoms with Crippen molar-refractivity contribution in [1.29, 1.82) is 0 Å². The van der Waals surface area contributed by atoms with Gasteiger partial charge in [-0.1, -0.05) is 0 Å². The number of carbonyl (C=O) groups is 1. The molecule has 106 valence electrons. The second-order valence-electron chi connectivity index (χ2n) is 4.61. The van der Waals surface area contributed by atoms with Crippen molar-refractivity contribution in [3.05, 3.63) is 47.5 Å². The Morgan fingerprint density at radius 2 is 2.05 bits per heavy atom. The minimum Gasteiger partial charge on any atom is -0.487 e. The van der Waals surface area contributed by atoms with Gasteiger partial charge in [-0.2, -0.15) is 5.10 Å². The van der Waals surface area contributed by atoms with Gasteiger partial charge in [0, 0.05) is 6.04 Å². The molecule has 20 heavy (non-hydrogen) atoms. The van der Waals surface area contributed by atoms with Crippen LogP contribution in [-0.2, 0) is 6.61 Å². The third kappa shape index (κ3) is 3.14. The first-order chi connectivity index (χ1) is 9.47. The summed E-state index contributed by atoms with van der Waals surface area (Å²) in [5.41, 5.74) is 0.637. The number of halogens is 1. The molecule has 1 aromatic carbocycles. The van der Waals surface area contributed by atoms with Gasteiger partial charge in [0.15, 0.2) is 0 Å². The van der Waals surface area contributed by atoms with Crippen LogP contribution in [0, 0.1) is 5.82 Å². The van der Waals surface area contributed by atoms with E-state index in [0.29, 0.717) is 11.4 Å². The van der Waals surface area contributed by atoms with Crippen molar-refractivity contribution in [3.8, 4) is 5.75 Å². The van der Waals surface area contributed by atoms with Crippen molar-refractivity contribution in [2.45, 2.75) is 26.5 Å². The Morgan fingerprint density at radius 3 is 2.55 bits per heavy atom. The fourth-order valence-electron chi connectivity index (χ4n) is 1.76. The van der Waals surface area contributed by atoms with Crippen LogP contribution < -0.4 is 4.74 Å². The van der Waals surface area contributed by atoms with Gasteiger partial charge in [0.1, 0.15) is 29.6 Å². The van der Waals surface area contributed by atoms with Gasteiger partial charge in [-0.3, -0.25) is 4.68 Å². The standard InChI is InChI=1S/C14H15FN2O3/c1-9(2)17-13(14(18)19)7-11(16-17)8-20-12-5-3-10(15)4-6-12/h3-7,9H,8H2,1-2H3,(H,18,19). The van der Waals surface area contributed by atoms with Crippen LogP contribution in [0.15, 0.2) is 30.3 Å². The minimum atomic E-state index is -1.03. The Labute approximate surface area is 115 Å². The Morgan fingerprint density at radius 1 is 1.40 bits per heavy atom. The van der Waals surface area contributed by atoms with Crippen LogP contribution in [-0.4, -0.2) is 20.9 Å². The van der Waals surface area contributed by atoms with Crippen LogP contribution in [0.5, 0.6) is 5.75 Å². The van der Waals surface area contributed by atoms with E-state index in [-0.39, 0.29) is 24.2 Å². The number of aromatic carboxylic acids is 1. The molecule has 0 saturated carbocycles. The first-order valence-corrected chi connectivity index (χ1v) is 6.17. The average Bonchev–Trinajstić information content (AvgIpc) is 2.83. The summed E-state index contributed by atoms with van der Waals surface area (Å²) in [6.45, 7) is 3.83. The monoisotopic (exact) mass is 278 g/mol. The van der Waals surface area contributed by atoms with Crippen LogP contribution in [0.2, 0.25) is 0 Å². The first kappa shape index (κ1) is 14.0. The lowest BCUT2D eigenvalue weighted by Gasteiger charge is -2.07. The summed E-state index contributed by atoms with van der Waals surface area (Å²) in [5.74, 6) is -0.865. The van der Waals surface area contributed by atoms with Crippen molar-refractivity contribution in [3.63, 3.8) is 0 Å². The third-order valence-corrected chi connectivity index (χ3v) is 2.69. The lowest BCUT2D eigenvalue weighted by Crippen LogP contribution is -2.12. The zero-order valence-corrected chi connectivity index (χ0v) is 11.2.